The minimum atomic E-state index is -0.935. The fourth-order valence-corrected chi connectivity index (χ4v) is 5.10. The van der Waals surface area contributed by atoms with Crippen LogP contribution in [0.2, 0.25) is 0 Å². The summed E-state index contributed by atoms with van der Waals surface area (Å²) in [5.41, 5.74) is 2.05. The van der Waals surface area contributed by atoms with E-state index in [1.165, 1.54) is 5.56 Å². The number of fused-ring (bicyclic) bond motifs is 1. The zero-order chi connectivity index (χ0) is 23.8. The number of carbonyl (C=O) groups excluding carboxylic acids is 1. The van der Waals surface area contributed by atoms with Gasteiger partial charge in [0.15, 0.2) is 11.5 Å². The van der Waals surface area contributed by atoms with Crippen LogP contribution in [0.5, 0.6) is 11.5 Å². The van der Waals surface area contributed by atoms with Crippen LogP contribution in [0.4, 0.5) is 5.69 Å². The summed E-state index contributed by atoms with van der Waals surface area (Å²) >= 11 is 1.56. The highest BCUT2D eigenvalue weighted by molar-refractivity contribution is 7.99. The number of likely N-dealkylation sites (N-methyl/N-ethyl adjacent to an activating group) is 1. The van der Waals surface area contributed by atoms with Gasteiger partial charge >= 0.3 is 5.97 Å². The first kappa shape index (κ1) is 24.9. The normalized spacial score (nSPS) is 15.8. The number of methoxy groups -OCH3 is 2. The molecular weight excluding hydrogens is 440 g/mol. The number of hydrogen-bond acceptors (Lipinski definition) is 6. The molecule has 2 aromatic rings. The van der Waals surface area contributed by atoms with E-state index in [0.717, 1.165) is 48.0 Å². The van der Waals surface area contributed by atoms with Gasteiger partial charge in [-0.05, 0) is 56.3 Å². The van der Waals surface area contributed by atoms with Crippen molar-refractivity contribution in [3.8, 4) is 11.5 Å². The third-order valence-corrected chi connectivity index (χ3v) is 7.01. The van der Waals surface area contributed by atoms with Crippen molar-refractivity contribution < 1.29 is 24.2 Å². The molecule has 33 heavy (non-hydrogen) atoms. The number of aliphatic carboxylic acids is 1. The number of anilines is 1. The Balaban J connectivity index is 1.57. The fraction of sp³-hybridized carbons (Fsp3) is 0.440. The Kier molecular flexibility index (Phi) is 9.03. The molecular formula is C25H32N2O5S. The van der Waals surface area contributed by atoms with Gasteiger partial charge in [-0.3, -0.25) is 9.59 Å². The first-order valence-corrected chi connectivity index (χ1v) is 12.1. The molecule has 7 nitrogen and oxygen atoms in total. The predicted molar refractivity (Wildman–Crippen MR) is 131 cm³/mol. The highest BCUT2D eigenvalue weighted by atomic mass is 32.2. The second-order valence-corrected chi connectivity index (χ2v) is 9.22. The van der Waals surface area contributed by atoms with E-state index in [1.807, 2.05) is 42.5 Å². The average Bonchev–Trinajstić information content (AvgIpc) is 2.94. The van der Waals surface area contributed by atoms with Crippen LogP contribution in [-0.2, 0) is 16.0 Å². The number of nitrogens with zero attached hydrogens (tertiary/aromatic N) is 2. The Morgan fingerprint density at radius 1 is 1.15 bits per heavy atom. The number of rotatable bonds is 11. The minimum Gasteiger partial charge on any atom is -0.493 e. The van der Waals surface area contributed by atoms with Gasteiger partial charge in [-0.1, -0.05) is 18.2 Å². The third-order valence-electron chi connectivity index (χ3n) is 5.78. The Morgan fingerprint density at radius 2 is 1.91 bits per heavy atom. The maximum absolute atomic E-state index is 13.2. The first-order chi connectivity index (χ1) is 15.9. The molecule has 1 unspecified atom stereocenters. The van der Waals surface area contributed by atoms with Gasteiger partial charge in [0.05, 0.1) is 32.2 Å². The molecule has 0 fully saturated rings. The molecule has 0 bridgehead atoms. The van der Waals surface area contributed by atoms with E-state index in [4.69, 9.17) is 9.47 Å². The molecule has 0 aromatic heterocycles. The molecule has 8 heteroatoms. The number of hydrogen-bond donors (Lipinski definition) is 1. The summed E-state index contributed by atoms with van der Waals surface area (Å²) < 4.78 is 10.7. The Morgan fingerprint density at radius 3 is 2.64 bits per heavy atom. The molecule has 0 saturated heterocycles. The lowest BCUT2D eigenvalue weighted by Gasteiger charge is -2.26. The van der Waals surface area contributed by atoms with Gasteiger partial charge in [-0.2, -0.15) is 0 Å². The van der Waals surface area contributed by atoms with E-state index < -0.39 is 11.9 Å². The Labute approximate surface area is 199 Å². The van der Waals surface area contributed by atoms with E-state index in [0.29, 0.717) is 12.3 Å². The monoisotopic (exact) mass is 472 g/mol. The third kappa shape index (κ3) is 6.65. The van der Waals surface area contributed by atoms with Crippen molar-refractivity contribution in [1.82, 2.24) is 4.90 Å². The van der Waals surface area contributed by atoms with Crippen LogP contribution in [0.1, 0.15) is 18.4 Å². The molecule has 1 atom stereocenters. The van der Waals surface area contributed by atoms with E-state index >= 15 is 0 Å². The molecule has 0 spiro atoms. The summed E-state index contributed by atoms with van der Waals surface area (Å²) in [6.07, 6.45) is 1.54. The van der Waals surface area contributed by atoms with Crippen molar-refractivity contribution in [3.05, 3.63) is 48.0 Å². The Bertz CT molecular complexity index is 968. The van der Waals surface area contributed by atoms with Gasteiger partial charge in [-0.25, -0.2) is 0 Å². The molecule has 2 aromatic carbocycles. The van der Waals surface area contributed by atoms with Crippen LogP contribution in [0, 0.1) is 5.92 Å². The van der Waals surface area contributed by atoms with E-state index in [9.17, 15) is 14.7 Å². The maximum atomic E-state index is 13.2. The number of benzene rings is 2. The topological polar surface area (TPSA) is 79.3 Å². The van der Waals surface area contributed by atoms with Gasteiger partial charge in [0.1, 0.15) is 0 Å². The summed E-state index contributed by atoms with van der Waals surface area (Å²) in [6, 6.07) is 13.8. The number of carboxylic acids is 1. The molecule has 1 amide bonds. The van der Waals surface area contributed by atoms with Crippen molar-refractivity contribution in [2.45, 2.75) is 24.2 Å². The molecule has 0 saturated carbocycles. The van der Waals surface area contributed by atoms with Gasteiger partial charge in [0.2, 0.25) is 5.91 Å². The summed E-state index contributed by atoms with van der Waals surface area (Å²) in [5.74, 6) is 0.394. The first-order valence-electron chi connectivity index (χ1n) is 11.1. The van der Waals surface area contributed by atoms with Crippen LogP contribution in [0.25, 0.3) is 0 Å². The number of ether oxygens (including phenoxy) is 2. The molecule has 1 heterocycles. The Hall–Kier alpha value is -2.71. The molecule has 1 N–H and O–H groups in total. The lowest BCUT2D eigenvalue weighted by Crippen LogP contribution is -2.39. The van der Waals surface area contributed by atoms with E-state index in [2.05, 4.69) is 11.9 Å². The van der Waals surface area contributed by atoms with Crippen LogP contribution < -0.4 is 14.4 Å². The van der Waals surface area contributed by atoms with Crippen LogP contribution in [0.3, 0.4) is 0 Å². The quantitative estimate of drug-likeness (QED) is 0.533. The fourth-order valence-electron chi connectivity index (χ4n) is 3.96. The summed E-state index contributed by atoms with van der Waals surface area (Å²) in [6.45, 7) is 2.26. The smallest absolute Gasteiger partial charge is 0.304 e. The zero-order valence-corrected chi connectivity index (χ0v) is 20.3. The number of para-hydroxylation sites is 1. The standard InChI is InChI=1S/C25H32N2O5S/c1-26(14-11-18-9-10-21(31-2)22(15-18)32-3)12-6-13-27-20-7-4-5-8-23(20)33-17-19(25(27)30)16-24(28)29/h4-5,7-10,15,19H,6,11-14,16-17H2,1-3H3,(H,28,29). The lowest BCUT2D eigenvalue weighted by molar-refractivity contribution is -0.140. The summed E-state index contributed by atoms with van der Waals surface area (Å²) in [7, 11) is 5.33. The summed E-state index contributed by atoms with van der Waals surface area (Å²) in [4.78, 5) is 29.5. The summed E-state index contributed by atoms with van der Waals surface area (Å²) in [5, 5.41) is 9.24. The zero-order valence-electron chi connectivity index (χ0n) is 19.5. The average molecular weight is 473 g/mol. The van der Waals surface area contributed by atoms with Gasteiger partial charge in [0, 0.05) is 23.7 Å². The minimum absolute atomic E-state index is 0.0946. The number of carbonyl (C=O) groups is 2. The number of amides is 1. The SMILES string of the molecule is COc1ccc(CCN(C)CCCN2C(=O)C(CC(=O)O)CSc3ccccc32)cc1OC. The number of thioether (sulfide) groups is 1. The van der Waals surface area contributed by atoms with Crippen LogP contribution >= 0.6 is 11.8 Å². The van der Waals surface area contributed by atoms with Gasteiger partial charge in [-0.15, -0.1) is 11.8 Å². The van der Waals surface area contributed by atoms with Crippen molar-refractivity contribution in [2.24, 2.45) is 5.92 Å². The second kappa shape index (κ2) is 12.0. The predicted octanol–water partition coefficient (Wildman–Crippen LogP) is 3.80. The largest absolute Gasteiger partial charge is 0.493 e. The molecule has 0 radical (unpaired) electrons. The highest BCUT2D eigenvalue weighted by Crippen LogP contribution is 2.37. The van der Waals surface area contributed by atoms with E-state index in [1.54, 1.807) is 30.9 Å². The van der Waals surface area contributed by atoms with Gasteiger partial charge < -0.3 is 24.4 Å². The van der Waals surface area contributed by atoms with Crippen molar-refractivity contribution in [3.63, 3.8) is 0 Å². The molecule has 1 aliphatic heterocycles. The highest BCUT2D eigenvalue weighted by Gasteiger charge is 2.31. The maximum Gasteiger partial charge on any atom is 0.304 e. The molecule has 3 rings (SSSR count). The van der Waals surface area contributed by atoms with Crippen molar-refractivity contribution >= 4 is 29.3 Å². The van der Waals surface area contributed by atoms with Crippen molar-refractivity contribution in [1.29, 1.82) is 0 Å². The number of carboxylic acid groups (broad SMARTS) is 1. The lowest BCUT2D eigenvalue weighted by atomic mass is 10.1. The van der Waals surface area contributed by atoms with Crippen LogP contribution in [-0.4, -0.2) is 68.5 Å². The van der Waals surface area contributed by atoms with Crippen LogP contribution in [0.15, 0.2) is 47.4 Å². The van der Waals surface area contributed by atoms with Gasteiger partial charge in [0.25, 0.3) is 0 Å². The molecule has 0 aliphatic carbocycles. The molecule has 1 aliphatic rings. The molecule has 178 valence electrons. The second-order valence-electron chi connectivity index (χ2n) is 8.16. The van der Waals surface area contributed by atoms with Crippen molar-refractivity contribution in [2.75, 3.05) is 51.6 Å². The van der Waals surface area contributed by atoms with E-state index in [-0.39, 0.29) is 12.3 Å².